The molecule has 1 atom stereocenters. The Kier molecular flexibility index (Phi) is 5.00. The number of urea groups is 1. The molecule has 6 nitrogen and oxygen atoms in total. The zero-order valence-electron chi connectivity index (χ0n) is 13.3. The second kappa shape index (κ2) is 6.78. The smallest absolute Gasteiger partial charge is 0.319 e. The summed E-state index contributed by atoms with van der Waals surface area (Å²) in [5.41, 5.74) is 0.381. The van der Waals surface area contributed by atoms with Gasteiger partial charge in [-0.15, -0.1) is 0 Å². The van der Waals surface area contributed by atoms with Crippen molar-refractivity contribution in [2.24, 2.45) is 0 Å². The van der Waals surface area contributed by atoms with Crippen LogP contribution in [0.2, 0.25) is 0 Å². The van der Waals surface area contributed by atoms with Crippen LogP contribution >= 0.6 is 0 Å². The third kappa shape index (κ3) is 4.07. The number of amides is 2. The maximum Gasteiger partial charge on any atom is 0.319 e. The van der Waals surface area contributed by atoms with Gasteiger partial charge in [0.25, 0.3) is 0 Å². The van der Waals surface area contributed by atoms with E-state index in [0.29, 0.717) is 29.1 Å². The van der Waals surface area contributed by atoms with E-state index >= 15 is 0 Å². The van der Waals surface area contributed by atoms with Gasteiger partial charge in [-0.25, -0.2) is 9.18 Å². The molecule has 0 spiro atoms. The van der Waals surface area contributed by atoms with Crippen LogP contribution in [0.15, 0.2) is 28.8 Å². The fourth-order valence-corrected chi connectivity index (χ4v) is 2.14. The van der Waals surface area contributed by atoms with Crippen molar-refractivity contribution in [1.29, 1.82) is 0 Å². The zero-order valence-corrected chi connectivity index (χ0v) is 13.3. The molecule has 1 aromatic heterocycles. The Hall–Kier alpha value is -2.41. The molecule has 124 valence electrons. The number of aliphatic hydroxyl groups is 1. The molecular weight excluding hydrogens is 301 g/mol. The van der Waals surface area contributed by atoms with Gasteiger partial charge in [-0.1, -0.05) is 24.2 Å². The van der Waals surface area contributed by atoms with E-state index in [9.17, 15) is 14.3 Å². The lowest BCUT2D eigenvalue weighted by atomic mass is 9.96. The van der Waals surface area contributed by atoms with E-state index in [1.807, 2.05) is 6.92 Å². The number of carbonyl (C=O) groups excluding carboxylic acids is 1. The Morgan fingerprint density at radius 1 is 1.39 bits per heavy atom. The van der Waals surface area contributed by atoms with Crippen LogP contribution in [0.3, 0.4) is 0 Å². The summed E-state index contributed by atoms with van der Waals surface area (Å²) in [6.07, 6.45) is 0.625. The van der Waals surface area contributed by atoms with Crippen molar-refractivity contribution in [3.63, 3.8) is 0 Å². The number of halogens is 1. The van der Waals surface area contributed by atoms with Crippen molar-refractivity contribution in [1.82, 2.24) is 10.5 Å². The van der Waals surface area contributed by atoms with Gasteiger partial charge in [0, 0.05) is 0 Å². The molecule has 0 bridgehead atoms. The monoisotopic (exact) mass is 321 g/mol. The maximum absolute atomic E-state index is 12.9. The van der Waals surface area contributed by atoms with Crippen LogP contribution in [0.4, 0.5) is 14.9 Å². The number of hydrogen-bond donors (Lipinski definition) is 3. The molecule has 2 amide bonds. The largest absolute Gasteiger partial charge is 0.384 e. The average Bonchev–Trinajstić information content (AvgIpc) is 2.86. The van der Waals surface area contributed by atoms with Gasteiger partial charge in [-0.3, -0.25) is 0 Å². The zero-order chi connectivity index (χ0) is 17.0. The van der Waals surface area contributed by atoms with Crippen LogP contribution in [0.5, 0.6) is 0 Å². The molecule has 23 heavy (non-hydrogen) atoms. The molecule has 0 aliphatic rings. The molecule has 0 saturated carbocycles. The number of anilines is 1. The summed E-state index contributed by atoms with van der Waals surface area (Å²) in [6, 6.07) is 5.01. The summed E-state index contributed by atoms with van der Waals surface area (Å²) in [4.78, 5) is 12.0. The van der Waals surface area contributed by atoms with E-state index in [1.165, 1.54) is 24.3 Å². The van der Waals surface area contributed by atoms with Crippen molar-refractivity contribution in [3.8, 4) is 0 Å². The molecule has 0 fully saturated rings. The lowest BCUT2D eigenvalue weighted by Gasteiger charge is -2.24. The Labute approximate surface area is 133 Å². The molecule has 2 aromatic rings. The summed E-state index contributed by atoms with van der Waals surface area (Å²) < 4.78 is 18.0. The molecule has 3 N–H and O–H groups in total. The number of benzene rings is 1. The predicted octanol–water partition coefficient (Wildman–Crippen LogP) is 2.71. The highest BCUT2D eigenvalue weighted by Gasteiger charge is 2.24. The first-order valence-corrected chi connectivity index (χ1v) is 7.32. The summed E-state index contributed by atoms with van der Waals surface area (Å²) >= 11 is 0. The number of nitrogens with one attached hydrogen (secondary N) is 2. The molecule has 0 aliphatic carbocycles. The minimum absolute atomic E-state index is 0.0315. The van der Waals surface area contributed by atoms with Crippen LogP contribution in [0.25, 0.3) is 0 Å². The summed E-state index contributed by atoms with van der Waals surface area (Å²) in [6.45, 7) is 5.12. The van der Waals surface area contributed by atoms with E-state index in [-0.39, 0.29) is 12.4 Å². The van der Waals surface area contributed by atoms with Gasteiger partial charge in [-0.2, -0.15) is 0 Å². The minimum Gasteiger partial charge on any atom is -0.384 e. The van der Waals surface area contributed by atoms with Crippen molar-refractivity contribution < 1.29 is 18.8 Å². The third-order valence-electron chi connectivity index (χ3n) is 3.57. The van der Waals surface area contributed by atoms with Crippen LogP contribution in [-0.4, -0.2) is 22.8 Å². The van der Waals surface area contributed by atoms with Crippen molar-refractivity contribution >= 4 is 11.7 Å². The molecule has 0 saturated heterocycles. The minimum atomic E-state index is -1.32. The van der Waals surface area contributed by atoms with Crippen LogP contribution < -0.4 is 10.6 Å². The van der Waals surface area contributed by atoms with Gasteiger partial charge in [0.1, 0.15) is 22.8 Å². The molecule has 0 aliphatic heterocycles. The number of hydrogen-bond acceptors (Lipinski definition) is 4. The third-order valence-corrected chi connectivity index (χ3v) is 3.57. The highest BCUT2D eigenvalue weighted by atomic mass is 19.1. The lowest BCUT2D eigenvalue weighted by Crippen LogP contribution is -2.40. The standard InChI is InChI=1S/C16H20FN3O3/c1-4-13-14(10(2)23-20-13)19-15(21)18-9-16(3,22)11-5-7-12(17)8-6-11/h5-8,22H,4,9H2,1-3H3,(H2,18,19,21). The predicted molar refractivity (Wildman–Crippen MR) is 83.6 cm³/mol. The number of aryl methyl sites for hydroxylation is 2. The fourth-order valence-electron chi connectivity index (χ4n) is 2.14. The Bertz CT molecular complexity index is 680. The van der Waals surface area contributed by atoms with Crippen LogP contribution in [-0.2, 0) is 12.0 Å². The second-order valence-corrected chi connectivity index (χ2v) is 5.50. The summed E-state index contributed by atoms with van der Waals surface area (Å²) in [5.74, 6) is 0.132. The molecule has 1 unspecified atom stereocenters. The average molecular weight is 321 g/mol. The quantitative estimate of drug-likeness (QED) is 0.790. The Balaban J connectivity index is 1.98. The highest BCUT2D eigenvalue weighted by Crippen LogP contribution is 2.21. The van der Waals surface area contributed by atoms with Crippen molar-refractivity contribution in [2.75, 3.05) is 11.9 Å². The van der Waals surface area contributed by atoms with Gasteiger partial charge in [-0.05, 0) is 38.0 Å². The van der Waals surface area contributed by atoms with Gasteiger partial charge < -0.3 is 20.3 Å². The second-order valence-electron chi connectivity index (χ2n) is 5.50. The molecule has 1 aromatic carbocycles. The highest BCUT2D eigenvalue weighted by molar-refractivity contribution is 5.90. The first-order valence-electron chi connectivity index (χ1n) is 7.32. The maximum atomic E-state index is 12.9. The Morgan fingerprint density at radius 3 is 2.65 bits per heavy atom. The molecule has 1 heterocycles. The van der Waals surface area contributed by atoms with E-state index in [1.54, 1.807) is 13.8 Å². The number of nitrogens with zero attached hydrogens (tertiary/aromatic N) is 1. The SMILES string of the molecule is CCc1noc(C)c1NC(=O)NCC(C)(O)c1ccc(F)cc1. The molecule has 7 heteroatoms. The lowest BCUT2D eigenvalue weighted by molar-refractivity contribution is 0.0599. The van der Waals surface area contributed by atoms with E-state index in [4.69, 9.17) is 4.52 Å². The molecule has 2 rings (SSSR count). The van der Waals surface area contributed by atoms with Crippen molar-refractivity contribution in [2.45, 2.75) is 32.8 Å². The van der Waals surface area contributed by atoms with Crippen LogP contribution in [0, 0.1) is 12.7 Å². The first-order chi connectivity index (χ1) is 10.8. The Morgan fingerprint density at radius 2 is 2.04 bits per heavy atom. The number of rotatable bonds is 5. The van der Waals surface area contributed by atoms with E-state index < -0.39 is 11.6 Å². The van der Waals surface area contributed by atoms with Gasteiger partial charge in [0.05, 0.1) is 6.54 Å². The fraction of sp³-hybridized carbons (Fsp3) is 0.375. The molecule has 0 radical (unpaired) electrons. The first kappa shape index (κ1) is 17.0. The topological polar surface area (TPSA) is 87.4 Å². The number of aromatic nitrogens is 1. The summed E-state index contributed by atoms with van der Waals surface area (Å²) in [7, 11) is 0. The van der Waals surface area contributed by atoms with E-state index in [0.717, 1.165) is 0 Å². The van der Waals surface area contributed by atoms with Crippen molar-refractivity contribution in [3.05, 3.63) is 47.1 Å². The summed E-state index contributed by atoms with van der Waals surface area (Å²) in [5, 5.41) is 19.5. The molecular formula is C16H20FN3O3. The van der Waals surface area contributed by atoms with E-state index in [2.05, 4.69) is 15.8 Å². The van der Waals surface area contributed by atoms with Gasteiger partial charge >= 0.3 is 6.03 Å². The van der Waals surface area contributed by atoms with Crippen LogP contribution in [0.1, 0.15) is 30.9 Å². The number of carbonyl (C=O) groups is 1. The normalized spacial score (nSPS) is 13.4. The van der Waals surface area contributed by atoms with Gasteiger partial charge in [0.15, 0.2) is 5.76 Å². The van der Waals surface area contributed by atoms with Gasteiger partial charge in [0.2, 0.25) is 0 Å².